The number of amides is 2. The summed E-state index contributed by atoms with van der Waals surface area (Å²) in [5.74, 6) is -2.82. The minimum atomic E-state index is -2.88. The smallest absolute Gasteiger partial charge is 0.360 e. The van der Waals surface area contributed by atoms with Crippen LogP contribution < -0.4 is 15.9 Å². The van der Waals surface area contributed by atoms with Crippen LogP contribution in [0.3, 0.4) is 0 Å². The maximum atomic E-state index is 14.6. The van der Waals surface area contributed by atoms with Crippen molar-refractivity contribution in [3.05, 3.63) is 139 Å². The summed E-state index contributed by atoms with van der Waals surface area (Å²) in [6, 6.07) is 34.9. The number of hydroxylamine groups is 2. The van der Waals surface area contributed by atoms with E-state index >= 15 is 0 Å². The van der Waals surface area contributed by atoms with Crippen LogP contribution in [-0.2, 0) is 19.2 Å². The fourth-order valence-corrected chi connectivity index (χ4v) is 11.4. The first-order chi connectivity index (χ1) is 24.8. The zero-order chi connectivity index (χ0) is 36.0. The van der Waals surface area contributed by atoms with Gasteiger partial charge in [0.15, 0.2) is 5.78 Å². The van der Waals surface area contributed by atoms with Crippen LogP contribution in [0, 0.1) is 5.92 Å². The second kappa shape index (κ2) is 15.9. The molecule has 4 aromatic carbocycles. The van der Waals surface area contributed by atoms with Crippen LogP contribution in [0.25, 0.3) is 0 Å². The number of carbonyl (C=O) groups is 4. The highest BCUT2D eigenvalue weighted by atomic mass is 31.2. The average molecular weight is 705 g/mol. The van der Waals surface area contributed by atoms with E-state index in [-0.39, 0.29) is 30.1 Å². The van der Waals surface area contributed by atoms with Gasteiger partial charge in [-0.3, -0.25) is 14.4 Å². The molecule has 2 saturated heterocycles. The Labute approximate surface area is 298 Å². The fourth-order valence-electron chi connectivity index (χ4n) is 6.98. The topological polar surface area (TPSA) is 113 Å². The van der Waals surface area contributed by atoms with Crippen molar-refractivity contribution >= 4 is 51.7 Å². The molecular formula is C41H41N2O7P. The first-order valence-corrected chi connectivity index (χ1v) is 18.8. The quantitative estimate of drug-likeness (QED) is 0.102. The van der Waals surface area contributed by atoms with Crippen molar-refractivity contribution < 1.29 is 33.9 Å². The van der Waals surface area contributed by atoms with Crippen molar-refractivity contribution in [2.45, 2.75) is 31.9 Å². The molecule has 2 aliphatic heterocycles. The standard InChI is InChI=1S/C41H41N2O7P/c1-3-14-37(51(32-17-7-4-8-18-32,33-19-9-5-10-20-33)34-21-11-6-12-22-34)41(48)50-43-35(38(29(2)44)40(43)47)28-36(45)30-15-13-16-31(27-30)39(46)42-23-25-49-26-24-42/h3-13,15-22,27,29,35,38,44H,1,14,23-26,28H2,2H3/t29-,35-,38-/m1/s1. The van der Waals surface area contributed by atoms with E-state index in [0.29, 0.717) is 37.2 Å². The number of aliphatic hydroxyl groups excluding tert-OH is 1. The predicted molar refractivity (Wildman–Crippen MR) is 199 cm³/mol. The van der Waals surface area contributed by atoms with Gasteiger partial charge in [0.25, 0.3) is 11.8 Å². The Balaban J connectivity index is 1.37. The van der Waals surface area contributed by atoms with Gasteiger partial charge in [-0.05, 0) is 48.3 Å². The third-order valence-electron chi connectivity index (χ3n) is 9.45. The van der Waals surface area contributed by atoms with Crippen LogP contribution in [0.4, 0.5) is 0 Å². The van der Waals surface area contributed by atoms with Crippen molar-refractivity contribution in [2.24, 2.45) is 5.92 Å². The molecule has 0 unspecified atom stereocenters. The van der Waals surface area contributed by atoms with Crippen molar-refractivity contribution in [1.29, 1.82) is 0 Å². The Hall–Kier alpha value is -5.08. The van der Waals surface area contributed by atoms with Crippen LogP contribution in [0.1, 0.15) is 40.5 Å². The molecule has 4 aromatic rings. The molecule has 2 heterocycles. The van der Waals surface area contributed by atoms with Gasteiger partial charge in [-0.1, -0.05) is 109 Å². The lowest BCUT2D eigenvalue weighted by molar-refractivity contribution is -0.240. The van der Waals surface area contributed by atoms with Crippen LogP contribution in [0.15, 0.2) is 128 Å². The molecule has 9 nitrogen and oxygen atoms in total. The normalized spacial score (nSPS) is 18.0. The SMILES string of the molecule is C=CCC(C(=O)ON1C(=O)[C@H]([C@@H](C)O)[C@H]1CC(=O)c1cccc(C(=O)N2CCOCC2)c1)=P(c1ccccc1)(c1ccccc1)c1ccccc1. The van der Waals surface area contributed by atoms with Gasteiger partial charge in [0.2, 0.25) is 0 Å². The predicted octanol–water partition coefficient (Wildman–Crippen LogP) is 4.14. The first-order valence-electron chi connectivity index (χ1n) is 17.0. The molecule has 2 fully saturated rings. The van der Waals surface area contributed by atoms with E-state index in [1.165, 1.54) is 6.92 Å². The number of hydrogen-bond acceptors (Lipinski definition) is 7. The molecule has 6 rings (SSSR count). The molecule has 0 saturated carbocycles. The Bertz CT molecular complexity index is 1850. The summed E-state index contributed by atoms with van der Waals surface area (Å²) in [7, 11) is 0. The van der Waals surface area contributed by atoms with Crippen LogP contribution in [0.5, 0.6) is 0 Å². The van der Waals surface area contributed by atoms with Crippen molar-refractivity contribution in [2.75, 3.05) is 26.3 Å². The van der Waals surface area contributed by atoms with Crippen molar-refractivity contribution in [3.8, 4) is 0 Å². The average Bonchev–Trinajstić information content (AvgIpc) is 3.17. The van der Waals surface area contributed by atoms with Crippen molar-refractivity contribution in [1.82, 2.24) is 9.96 Å². The summed E-state index contributed by atoms with van der Waals surface area (Å²) < 4.78 is 5.36. The maximum absolute atomic E-state index is 14.6. The zero-order valence-electron chi connectivity index (χ0n) is 28.5. The van der Waals surface area contributed by atoms with Gasteiger partial charge in [-0.25, -0.2) is 4.79 Å². The Kier molecular flexibility index (Phi) is 11.1. The van der Waals surface area contributed by atoms with E-state index in [9.17, 15) is 24.3 Å². The summed E-state index contributed by atoms with van der Waals surface area (Å²) in [5, 5.41) is 14.7. The van der Waals surface area contributed by atoms with Gasteiger partial charge >= 0.3 is 5.97 Å². The summed E-state index contributed by atoms with van der Waals surface area (Å²) in [4.78, 5) is 62.7. The van der Waals surface area contributed by atoms with Crippen LogP contribution >= 0.6 is 6.89 Å². The minimum Gasteiger partial charge on any atom is -0.393 e. The van der Waals surface area contributed by atoms with Gasteiger partial charge in [0.1, 0.15) is 0 Å². The van der Waals surface area contributed by atoms with E-state index in [1.807, 2.05) is 91.0 Å². The zero-order valence-corrected chi connectivity index (χ0v) is 29.4. The molecule has 0 aromatic heterocycles. The monoisotopic (exact) mass is 704 g/mol. The highest BCUT2D eigenvalue weighted by molar-refractivity contribution is 7.96. The Morgan fingerprint density at radius 2 is 1.39 bits per heavy atom. The third-order valence-corrected chi connectivity index (χ3v) is 13.8. The molecule has 3 atom stereocenters. The molecular weight excluding hydrogens is 663 g/mol. The number of allylic oxidation sites excluding steroid dienone is 1. The van der Waals surface area contributed by atoms with Gasteiger partial charge in [0, 0.05) is 30.6 Å². The Morgan fingerprint density at radius 3 is 1.90 bits per heavy atom. The number of β-lactam (4-membered cyclic amide) rings is 1. The molecule has 262 valence electrons. The highest BCUT2D eigenvalue weighted by Crippen LogP contribution is 2.47. The van der Waals surface area contributed by atoms with E-state index in [0.717, 1.165) is 21.0 Å². The largest absolute Gasteiger partial charge is 0.393 e. The second-order valence-electron chi connectivity index (χ2n) is 12.6. The van der Waals surface area contributed by atoms with Gasteiger partial charge in [-0.15, -0.1) is 6.58 Å². The van der Waals surface area contributed by atoms with E-state index in [4.69, 9.17) is 9.57 Å². The van der Waals surface area contributed by atoms with E-state index < -0.39 is 36.8 Å². The summed E-state index contributed by atoms with van der Waals surface area (Å²) in [6.45, 7) is 4.40. The number of aliphatic hydroxyl groups is 1. The number of nitrogens with zero attached hydrogens (tertiary/aromatic N) is 2. The molecule has 0 bridgehead atoms. The molecule has 1 N–H and O–H groups in total. The number of hydrogen-bond donors (Lipinski definition) is 1. The van der Waals surface area contributed by atoms with Crippen LogP contribution in [0.2, 0.25) is 0 Å². The first kappa shape index (κ1) is 35.7. The fraction of sp³-hybridized carbons (Fsp3) is 0.244. The van der Waals surface area contributed by atoms with Gasteiger partial charge in [-0.2, -0.15) is 5.06 Å². The number of morpholine rings is 1. The maximum Gasteiger partial charge on any atom is 0.360 e. The number of Topliss-reactive ketones (excluding diaryl/α,β-unsaturated/α-hetero) is 1. The molecule has 0 radical (unpaired) electrons. The van der Waals surface area contributed by atoms with Gasteiger partial charge in [0.05, 0.1) is 36.6 Å². The number of ketones is 1. The molecule has 51 heavy (non-hydrogen) atoms. The minimum absolute atomic E-state index is 0.167. The second-order valence-corrected chi connectivity index (χ2v) is 16.0. The van der Waals surface area contributed by atoms with Gasteiger partial charge < -0.3 is 19.6 Å². The molecule has 0 aliphatic carbocycles. The number of carbonyl (C=O) groups excluding carboxylic acids is 4. The molecule has 2 amide bonds. The van der Waals surface area contributed by atoms with E-state index in [1.54, 1.807) is 35.2 Å². The number of rotatable bonds is 12. The Morgan fingerprint density at radius 1 is 0.863 bits per heavy atom. The van der Waals surface area contributed by atoms with Crippen molar-refractivity contribution in [3.63, 3.8) is 0 Å². The van der Waals surface area contributed by atoms with Crippen LogP contribution in [-0.4, -0.2) is 82.4 Å². The lowest BCUT2D eigenvalue weighted by Gasteiger charge is -2.46. The number of benzene rings is 4. The summed E-state index contributed by atoms with van der Waals surface area (Å²) >= 11 is 0. The highest BCUT2D eigenvalue weighted by Gasteiger charge is 2.53. The lowest BCUT2D eigenvalue weighted by atomic mass is 9.81. The molecule has 2 aliphatic rings. The lowest BCUT2D eigenvalue weighted by Crippen LogP contribution is -2.65. The summed E-state index contributed by atoms with van der Waals surface area (Å²) in [6.07, 6.45) is 0.501. The van der Waals surface area contributed by atoms with E-state index in [2.05, 4.69) is 6.58 Å². The molecule has 0 spiro atoms. The summed E-state index contributed by atoms with van der Waals surface area (Å²) in [5.41, 5.74) is 0.652. The molecule has 10 heteroatoms. The third kappa shape index (κ3) is 7.10. The number of ether oxygens (including phenoxy) is 1.